The molecule has 1 saturated heterocycles. The van der Waals surface area contributed by atoms with E-state index in [-0.39, 0.29) is 6.04 Å². The fraction of sp³-hybridized carbons (Fsp3) is 0.625. The van der Waals surface area contributed by atoms with Crippen molar-refractivity contribution in [1.82, 2.24) is 4.31 Å². The molecular weight excluding hydrogens is 284 g/mol. The highest BCUT2D eigenvalue weighted by Gasteiger charge is 2.31. The zero-order valence-electron chi connectivity index (χ0n) is 12.8. The van der Waals surface area contributed by atoms with Crippen LogP contribution in [0.2, 0.25) is 0 Å². The fourth-order valence-electron chi connectivity index (χ4n) is 3.01. The molecule has 2 N–H and O–H groups in total. The molecule has 118 valence electrons. The standard InChI is InChI=1S/C16H26N2O2S/c1-2-15-6-4-3-5-13-18(15)21(19,20)16-9-7-14(8-10-16)11-12-17/h7-10,15H,2-6,11-13,17H2,1H3. The van der Waals surface area contributed by atoms with Crippen LogP contribution in [0.3, 0.4) is 0 Å². The van der Waals surface area contributed by atoms with Crippen molar-refractivity contribution in [3.8, 4) is 0 Å². The molecule has 1 heterocycles. The average Bonchev–Trinajstić information content (AvgIpc) is 2.73. The lowest BCUT2D eigenvalue weighted by Crippen LogP contribution is -2.39. The molecule has 1 aliphatic rings. The van der Waals surface area contributed by atoms with Gasteiger partial charge in [0.25, 0.3) is 0 Å². The number of hydrogen-bond donors (Lipinski definition) is 1. The second-order valence-electron chi connectivity index (χ2n) is 5.71. The van der Waals surface area contributed by atoms with Crippen LogP contribution in [0, 0.1) is 0 Å². The molecule has 4 nitrogen and oxygen atoms in total. The molecule has 0 radical (unpaired) electrons. The Hall–Kier alpha value is -0.910. The Labute approximate surface area is 128 Å². The summed E-state index contributed by atoms with van der Waals surface area (Å²) >= 11 is 0. The Morgan fingerprint density at radius 2 is 1.90 bits per heavy atom. The van der Waals surface area contributed by atoms with E-state index in [2.05, 4.69) is 6.92 Å². The quantitative estimate of drug-likeness (QED) is 0.909. The molecule has 21 heavy (non-hydrogen) atoms. The number of nitrogens with two attached hydrogens (primary N) is 1. The van der Waals surface area contributed by atoms with Crippen molar-refractivity contribution in [1.29, 1.82) is 0 Å². The lowest BCUT2D eigenvalue weighted by atomic mass is 10.1. The molecule has 2 rings (SSSR count). The van der Waals surface area contributed by atoms with Gasteiger partial charge >= 0.3 is 0 Å². The Bertz CT molecular complexity index is 540. The SMILES string of the molecule is CCC1CCCCCN1S(=O)(=O)c1ccc(CCN)cc1. The van der Waals surface area contributed by atoms with Crippen molar-refractivity contribution >= 4 is 10.0 Å². The van der Waals surface area contributed by atoms with Crippen molar-refractivity contribution in [2.75, 3.05) is 13.1 Å². The maximum absolute atomic E-state index is 12.9. The second kappa shape index (κ2) is 7.38. The molecule has 0 bridgehead atoms. The van der Waals surface area contributed by atoms with E-state index >= 15 is 0 Å². The van der Waals surface area contributed by atoms with Gasteiger partial charge in [0.15, 0.2) is 0 Å². The summed E-state index contributed by atoms with van der Waals surface area (Å²) in [5, 5.41) is 0. The van der Waals surface area contributed by atoms with Crippen LogP contribution in [-0.2, 0) is 16.4 Å². The van der Waals surface area contributed by atoms with E-state index in [1.807, 2.05) is 12.1 Å². The van der Waals surface area contributed by atoms with Gasteiger partial charge < -0.3 is 5.73 Å². The smallest absolute Gasteiger partial charge is 0.243 e. The molecular formula is C16H26N2O2S. The molecule has 1 fully saturated rings. The molecule has 1 aromatic carbocycles. The van der Waals surface area contributed by atoms with Crippen molar-refractivity contribution in [3.63, 3.8) is 0 Å². The molecule has 0 spiro atoms. The van der Waals surface area contributed by atoms with E-state index in [9.17, 15) is 8.42 Å². The predicted molar refractivity (Wildman–Crippen MR) is 85.6 cm³/mol. The first kappa shape index (κ1) is 16.5. The highest BCUT2D eigenvalue weighted by Crippen LogP contribution is 2.26. The monoisotopic (exact) mass is 310 g/mol. The zero-order chi connectivity index (χ0) is 15.3. The van der Waals surface area contributed by atoms with E-state index < -0.39 is 10.0 Å². The van der Waals surface area contributed by atoms with Crippen LogP contribution in [0.5, 0.6) is 0 Å². The Morgan fingerprint density at radius 1 is 1.19 bits per heavy atom. The number of hydrogen-bond acceptors (Lipinski definition) is 3. The van der Waals surface area contributed by atoms with Crippen LogP contribution in [0.15, 0.2) is 29.2 Å². The summed E-state index contributed by atoms with van der Waals surface area (Å²) < 4.78 is 27.5. The minimum absolute atomic E-state index is 0.140. The van der Waals surface area contributed by atoms with Gasteiger partial charge in [-0.05, 0) is 49.9 Å². The van der Waals surface area contributed by atoms with Gasteiger partial charge in [-0.2, -0.15) is 4.31 Å². The lowest BCUT2D eigenvalue weighted by molar-refractivity contribution is 0.315. The van der Waals surface area contributed by atoms with Gasteiger partial charge in [0.1, 0.15) is 0 Å². The third-order valence-corrected chi connectivity index (χ3v) is 6.22. The first-order valence-corrected chi connectivity index (χ1v) is 9.34. The summed E-state index contributed by atoms with van der Waals surface area (Å²) in [5.41, 5.74) is 6.61. The fourth-order valence-corrected chi connectivity index (χ4v) is 4.77. The van der Waals surface area contributed by atoms with E-state index in [1.54, 1.807) is 16.4 Å². The number of sulfonamides is 1. The number of nitrogens with zero attached hydrogens (tertiary/aromatic N) is 1. The summed E-state index contributed by atoms with van der Waals surface area (Å²) in [6.45, 7) is 3.30. The first-order chi connectivity index (χ1) is 10.1. The maximum Gasteiger partial charge on any atom is 0.243 e. The molecule has 0 aliphatic carbocycles. The van der Waals surface area contributed by atoms with Gasteiger partial charge in [0.05, 0.1) is 4.90 Å². The third kappa shape index (κ3) is 3.84. The topological polar surface area (TPSA) is 63.4 Å². The van der Waals surface area contributed by atoms with Gasteiger partial charge in [-0.1, -0.05) is 31.9 Å². The van der Waals surface area contributed by atoms with Crippen LogP contribution in [0.1, 0.15) is 44.6 Å². The Kier molecular flexibility index (Phi) is 5.79. The van der Waals surface area contributed by atoms with Gasteiger partial charge in [-0.15, -0.1) is 0 Å². The van der Waals surface area contributed by atoms with Crippen LogP contribution in [0.4, 0.5) is 0 Å². The predicted octanol–water partition coefficient (Wildman–Crippen LogP) is 2.53. The van der Waals surface area contributed by atoms with Crippen LogP contribution in [-0.4, -0.2) is 31.9 Å². The minimum Gasteiger partial charge on any atom is -0.330 e. The molecule has 1 aliphatic heterocycles. The zero-order valence-corrected chi connectivity index (χ0v) is 13.6. The number of benzene rings is 1. The van der Waals surface area contributed by atoms with Crippen LogP contribution < -0.4 is 5.73 Å². The average molecular weight is 310 g/mol. The largest absolute Gasteiger partial charge is 0.330 e. The summed E-state index contributed by atoms with van der Waals surface area (Å²) in [4.78, 5) is 0.406. The van der Waals surface area contributed by atoms with Crippen molar-refractivity contribution in [3.05, 3.63) is 29.8 Å². The number of rotatable bonds is 5. The summed E-state index contributed by atoms with van der Waals surface area (Å²) in [7, 11) is -3.38. The van der Waals surface area contributed by atoms with Gasteiger partial charge in [-0.3, -0.25) is 0 Å². The Balaban J connectivity index is 2.26. The van der Waals surface area contributed by atoms with E-state index in [1.165, 1.54) is 0 Å². The lowest BCUT2D eigenvalue weighted by Gasteiger charge is -2.28. The van der Waals surface area contributed by atoms with Gasteiger partial charge in [0.2, 0.25) is 10.0 Å². The van der Waals surface area contributed by atoms with E-state index in [0.29, 0.717) is 18.0 Å². The summed E-state index contributed by atoms with van der Waals surface area (Å²) in [6, 6.07) is 7.33. The molecule has 0 amide bonds. The third-order valence-electron chi connectivity index (χ3n) is 4.26. The first-order valence-electron chi connectivity index (χ1n) is 7.90. The van der Waals surface area contributed by atoms with Gasteiger partial charge in [0, 0.05) is 12.6 Å². The molecule has 1 aromatic rings. The summed E-state index contributed by atoms with van der Waals surface area (Å²) in [6.07, 6.45) is 5.84. The molecule has 1 unspecified atom stereocenters. The normalized spacial score (nSPS) is 21.1. The van der Waals surface area contributed by atoms with Crippen LogP contribution in [0.25, 0.3) is 0 Å². The van der Waals surface area contributed by atoms with Crippen molar-refractivity contribution in [2.24, 2.45) is 5.73 Å². The van der Waals surface area contributed by atoms with Crippen molar-refractivity contribution in [2.45, 2.75) is 56.4 Å². The van der Waals surface area contributed by atoms with Gasteiger partial charge in [-0.25, -0.2) is 8.42 Å². The highest BCUT2D eigenvalue weighted by molar-refractivity contribution is 7.89. The van der Waals surface area contributed by atoms with E-state index in [0.717, 1.165) is 44.1 Å². The molecule has 0 aromatic heterocycles. The second-order valence-corrected chi connectivity index (χ2v) is 7.60. The van der Waals surface area contributed by atoms with Crippen molar-refractivity contribution < 1.29 is 8.42 Å². The molecule has 5 heteroatoms. The molecule has 1 atom stereocenters. The van der Waals surface area contributed by atoms with Crippen LogP contribution >= 0.6 is 0 Å². The van der Waals surface area contributed by atoms with E-state index in [4.69, 9.17) is 5.73 Å². The Morgan fingerprint density at radius 3 is 2.52 bits per heavy atom. The molecule has 0 saturated carbocycles. The summed E-state index contributed by atoms with van der Waals surface area (Å²) in [5.74, 6) is 0. The highest BCUT2D eigenvalue weighted by atomic mass is 32.2. The minimum atomic E-state index is -3.38. The maximum atomic E-state index is 12.9.